The summed E-state index contributed by atoms with van der Waals surface area (Å²) in [5.41, 5.74) is 1.28. The lowest BCUT2D eigenvalue weighted by molar-refractivity contribution is 0.281. The SMILES string of the molecule is N#Cc1c([CH]O)cccc1CO. The van der Waals surface area contributed by atoms with Crippen LogP contribution in [0.4, 0.5) is 0 Å². The monoisotopic (exact) mass is 162 g/mol. The summed E-state index contributed by atoms with van der Waals surface area (Å²) in [5, 5.41) is 26.2. The summed E-state index contributed by atoms with van der Waals surface area (Å²) >= 11 is 0. The van der Waals surface area contributed by atoms with Crippen molar-refractivity contribution < 1.29 is 10.2 Å². The van der Waals surface area contributed by atoms with E-state index in [0.717, 1.165) is 6.61 Å². The predicted octanol–water partition coefficient (Wildman–Crippen LogP) is 0.933. The molecule has 1 radical (unpaired) electrons. The van der Waals surface area contributed by atoms with Crippen LogP contribution < -0.4 is 0 Å². The largest absolute Gasteiger partial charge is 0.392 e. The fraction of sp³-hybridized carbons (Fsp3) is 0.111. The fourth-order valence-corrected chi connectivity index (χ4v) is 0.996. The van der Waals surface area contributed by atoms with Crippen LogP contribution in [0.2, 0.25) is 0 Å². The first-order chi connectivity index (χ1) is 5.83. The Hall–Kier alpha value is -1.37. The molecule has 61 valence electrons. The average molecular weight is 162 g/mol. The number of hydrogen-bond acceptors (Lipinski definition) is 3. The first-order valence-corrected chi connectivity index (χ1v) is 3.43. The Bertz CT molecular complexity index is 293. The van der Waals surface area contributed by atoms with Gasteiger partial charge in [0, 0.05) is 5.56 Å². The van der Waals surface area contributed by atoms with Gasteiger partial charge in [-0.05, 0) is 5.56 Å². The standard InChI is InChI=1S/C9H8NO2/c10-4-9-7(5-11)2-1-3-8(9)6-12/h1-3,5,11-12H,6H2. The van der Waals surface area contributed by atoms with Crippen LogP contribution in [0.25, 0.3) is 0 Å². The molecule has 0 amide bonds. The van der Waals surface area contributed by atoms with E-state index in [4.69, 9.17) is 15.5 Å². The maximum absolute atomic E-state index is 8.82. The van der Waals surface area contributed by atoms with Gasteiger partial charge >= 0.3 is 0 Å². The van der Waals surface area contributed by atoms with Gasteiger partial charge in [-0.2, -0.15) is 5.26 Å². The Balaban J connectivity index is 3.25. The van der Waals surface area contributed by atoms with Gasteiger partial charge in [0.15, 0.2) is 0 Å². The lowest BCUT2D eigenvalue weighted by Gasteiger charge is -2.03. The topological polar surface area (TPSA) is 64.2 Å². The molecule has 2 N–H and O–H groups in total. The Labute approximate surface area is 70.5 Å². The van der Waals surface area contributed by atoms with Crippen molar-refractivity contribution >= 4 is 0 Å². The summed E-state index contributed by atoms with van der Waals surface area (Å²) in [5.74, 6) is 0. The van der Waals surface area contributed by atoms with Crippen molar-refractivity contribution in [3.63, 3.8) is 0 Å². The molecule has 0 aliphatic rings. The van der Waals surface area contributed by atoms with Gasteiger partial charge in [0.25, 0.3) is 0 Å². The van der Waals surface area contributed by atoms with Crippen LogP contribution in [0.15, 0.2) is 18.2 Å². The van der Waals surface area contributed by atoms with Gasteiger partial charge in [0.2, 0.25) is 0 Å². The predicted molar refractivity (Wildman–Crippen MR) is 42.4 cm³/mol. The van der Waals surface area contributed by atoms with Crippen LogP contribution >= 0.6 is 0 Å². The van der Waals surface area contributed by atoms with Crippen LogP contribution in [-0.4, -0.2) is 10.2 Å². The van der Waals surface area contributed by atoms with E-state index in [9.17, 15) is 0 Å². The van der Waals surface area contributed by atoms with E-state index < -0.39 is 0 Å². The van der Waals surface area contributed by atoms with Gasteiger partial charge in [0.05, 0.1) is 18.2 Å². The number of hydrogen-bond donors (Lipinski definition) is 2. The van der Waals surface area contributed by atoms with Gasteiger partial charge in [-0.1, -0.05) is 18.2 Å². The van der Waals surface area contributed by atoms with E-state index >= 15 is 0 Å². The molecule has 3 heteroatoms. The molecule has 0 aromatic heterocycles. The minimum Gasteiger partial charge on any atom is -0.392 e. The second kappa shape index (κ2) is 3.86. The normalized spacial score (nSPS) is 9.42. The number of rotatable bonds is 2. The smallest absolute Gasteiger partial charge is 0.110 e. The molecule has 1 aromatic rings. The van der Waals surface area contributed by atoms with E-state index in [0.29, 0.717) is 16.7 Å². The highest BCUT2D eigenvalue weighted by Gasteiger charge is 2.05. The minimum atomic E-state index is -0.190. The third-order valence-corrected chi connectivity index (χ3v) is 1.60. The molecule has 0 bridgehead atoms. The van der Waals surface area contributed by atoms with Crippen LogP contribution in [0, 0.1) is 17.9 Å². The van der Waals surface area contributed by atoms with Gasteiger partial charge in [-0.3, -0.25) is 0 Å². The van der Waals surface area contributed by atoms with Crippen molar-refractivity contribution in [3.8, 4) is 6.07 Å². The van der Waals surface area contributed by atoms with Crippen molar-refractivity contribution in [3.05, 3.63) is 41.5 Å². The molecule has 0 saturated carbocycles. The van der Waals surface area contributed by atoms with E-state index in [2.05, 4.69) is 0 Å². The second-order valence-electron chi connectivity index (χ2n) is 2.28. The third-order valence-electron chi connectivity index (χ3n) is 1.60. The van der Waals surface area contributed by atoms with Crippen molar-refractivity contribution in [1.29, 1.82) is 5.26 Å². The summed E-state index contributed by atoms with van der Waals surface area (Å²) in [4.78, 5) is 0. The van der Waals surface area contributed by atoms with Crippen molar-refractivity contribution in [1.82, 2.24) is 0 Å². The summed E-state index contributed by atoms with van der Waals surface area (Å²) in [6.07, 6.45) is 0. The number of benzene rings is 1. The van der Waals surface area contributed by atoms with Crippen molar-refractivity contribution in [2.75, 3.05) is 0 Å². The van der Waals surface area contributed by atoms with E-state index in [1.165, 1.54) is 0 Å². The Kier molecular flexibility index (Phi) is 2.81. The molecule has 1 rings (SSSR count). The Morgan fingerprint density at radius 2 is 2.25 bits per heavy atom. The minimum absolute atomic E-state index is 0.190. The molecular weight excluding hydrogens is 154 g/mol. The summed E-state index contributed by atoms with van der Waals surface area (Å²) in [6, 6.07) is 6.84. The lowest BCUT2D eigenvalue weighted by atomic mass is 10.0. The number of aliphatic hydroxyl groups excluding tert-OH is 2. The molecule has 0 atom stereocenters. The van der Waals surface area contributed by atoms with Crippen molar-refractivity contribution in [2.45, 2.75) is 6.61 Å². The number of nitrogens with zero attached hydrogens (tertiary/aromatic N) is 1. The van der Waals surface area contributed by atoms with E-state index in [-0.39, 0.29) is 6.61 Å². The Morgan fingerprint density at radius 3 is 2.75 bits per heavy atom. The molecule has 0 aliphatic heterocycles. The first-order valence-electron chi connectivity index (χ1n) is 3.43. The van der Waals surface area contributed by atoms with Gasteiger partial charge in [-0.15, -0.1) is 0 Å². The highest BCUT2D eigenvalue weighted by molar-refractivity contribution is 5.46. The quantitative estimate of drug-likeness (QED) is 0.680. The van der Waals surface area contributed by atoms with Gasteiger partial charge in [0.1, 0.15) is 6.61 Å². The third kappa shape index (κ3) is 1.45. The maximum Gasteiger partial charge on any atom is 0.110 e. The van der Waals surface area contributed by atoms with Crippen LogP contribution in [0.1, 0.15) is 16.7 Å². The molecule has 0 fully saturated rings. The van der Waals surface area contributed by atoms with Crippen LogP contribution in [0.3, 0.4) is 0 Å². The van der Waals surface area contributed by atoms with Gasteiger partial charge < -0.3 is 10.2 Å². The lowest BCUT2D eigenvalue weighted by Crippen LogP contribution is -1.94. The van der Waals surface area contributed by atoms with Crippen LogP contribution in [-0.2, 0) is 6.61 Å². The molecule has 0 spiro atoms. The van der Waals surface area contributed by atoms with E-state index in [1.54, 1.807) is 18.2 Å². The van der Waals surface area contributed by atoms with Gasteiger partial charge in [-0.25, -0.2) is 0 Å². The molecule has 0 aliphatic carbocycles. The molecule has 12 heavy (non-hydrogen) atoms. The summed E-state index contributed by atoms with van der Waals surface area (Å²) in [6.45, 7) is 0.669. The summed E-state index contributed by atoms with van der Waals surface area (Å²) in [7, 11) is 0. The molecular formula is C9H8NO2. The summed E-state index contributed by atoms with van der Waals surface area (Å²) < 4.78 is 0. The number of nitriles is 1. The zero-order chi connectivity index (χ0) is 8.97. The van der Waals surface area contributed by atoms with Crippen LogP contribution in [0.5, 0.6) is 0 Å². The first kappa shape index (κ1) is 8.72. The second-order valence-corrected chi connectivity index (χ2v) is 2.28. The Morgan fingerprint density at radius 1 is 1.50 bits per heavy atom. The van der Waals surface area contributed by atoms with Crippen molar-refractivity contribution in [2.24, 2.45) is 0 Å². The molecule has 0 unspecified atom stereocenters. The highest BCUT2D eigenvalue weighted by Crippen LogP contribution is 2.14. The molecule has 1 aromatic carbocycles. The zero-order valence-corrected chi connectivity index (χ0v) is 6.36. The zero-order valence-electron chi connectivity index (χ0n) is 6.36. The fourth-order valence-electron chi connectivity index (χ4n) is 0.996. The number of aliphatic hydroxyl groups is 2. The molecule has 3 nitrogen and oxygen atoms in total. The maximum atomic E-state index is 8.82. The van der Waals surface area contributed by atoms with E-state index in [1.807, 2.05) is 6.07 Å². The molecule has 0 heterocycles. The highest BCUT2D eigenvalue weighted by atomic mass is 16.3. The average Bonchev–Trinajstić information content (AvgIpc) is 2.16. The molecule has 0 saturated heterocycles.